The Labute approximate surface area is 223 Å². The van der Waals surface area contributed by atoms with Gasteiger partial charge < -0.3 is 19.5 Å². The Morgan fingerprint density at radius 2 is 1.78 bits per heavy atom. The average molecular weight is 539 g/mol. The molecule has 0 atom stereocenters. The first-order valence-electron chi connectivity index (χ1n) is 11.2. The summed E-state index contributed by atoms with van der Waals surface area (Å²) in [7, 11) is 1.57. The highest BCUT2D eigenvalue weighted by Gasteiger charge is 2.33. The van der Waals surface area contributed by atoms with Crippen molar-refractivity contribution in [1.29, 1.82) is 0 Å². The van der Waals surface area contributed by atoms with Crippen LogP contribution in [0, 0.1) is 5.82 Å². The summed E-state index contributed by atoms with van der Waals surface area (Å²) in [5.41, 5.74) is 1.81. The molecule has 37 heavy (non-hydrogen) atoms. The number of hydrogen-bond acceptors (Lipinski definition) is 7. The van der Waals surface area contributed by atoms with Crippen LogP contribution in [-0.4, -0.2) is 36.5 Å². The van der Waals surface area contributed by atoms with Gasteiger partial charge in [-0.1, -0.05) is 30.0 Å². The molecule has 1 saturated heterocycles. The minimum atomic E-state index is -0.395. The van der Waals surface area contributed by atoms with Crippen molar-refractivity contribution in [2.24, 2.45) is 0 Å². The molecule has 1 N–H and O–H groups in total. The summed E-state index contributed by atoms with van der Waals surface area (Å²) >= 11 is 6.54. The van der Waals surface area contributed by atoms with E-state index < -0.39 is 5.82 Å². The molecule has 0 spiro atoms. The number of carbonyl (C=O) groups excluding carboxylic acids is 2. The van der Waals surface area contributed by atoms with E-state index >= 15 is 0 Å². The number of thioether (sulfide) groups is 1. The van der Waals surface area contributed by atoms with Crippen molar-refractivity contribution in [2.45, 2.75) is 6.92 Å². The summed E-state index contributed by atoms with van der Waals surface area (Å²) in [6, 6.07) is 17.7. The first-order valence-corrected chi connectivity index (χ1v) is 12.5. The molecule has 0 saturated carbocycles. The standard InChI is InChI=1S/C27H23FN2O5S2/c1-3-34-23-14-17(15-24-26(32)30(27(36)37-24)20-9-5-18(28)6-10-20)4-13-22(23)35-16-25(31)29-19-7-11-21(33-2)12-8-19/h4-15H,3,16H2,1-2H3,(H,29,31)/b24-15-. The van der Waals surface area contributed by atoms with Gasteiger partial charge in [0.1, 0.15) is 11.6 Å². The number of thiocarbonyl (C=S) groups is 1. The van der Waals surface area contributed by atoms with Gasteiger partial charge >= 0.3 is 0 Å². The maximum Gasteiger partial charge on any atom is 0.270 e. The van der Waals surface area contributed by atoms with E-state index in [0.29, 0.717) is 50.0 Å². The molecule has 0 radical (unpaired) electrons. The van der Waals surface area contributed by atoms with Crippen LogP contribution < -0.4 is 24.4 Å². The summed E-state index contributed by atoms with van der Waals surface area (Å²) < 4.78 is 30.2. The minimum absolute atomic E-state index is 0.220. The predicted octanol–water partition coefficient (Wildman–Crippen LogP) is 5.66. The zero-order chi connectivity index (χ0) is 26.4. The van der Waals surface area contributed by atoms with Crippen molar-refractivity contribution in [3.63, 3.8) is 0 Å². The monoisotopic (exact) mass is 538 g/mol. The number of benzene rings is 3. The van der Waals surface area contributed by atoms with Crippen LogP contribution >= 0.6 is 24.0 Å². The molecule has 0 aromatic heterocycles. The fourth-order valence-corrected chi connectivity index (χ4v) is 4.75. The van der Waals surface area contributed by atoms with Crippen molar-refractivity contribution in [3.8, 4) is 17.2 Å². The van der Waals surface area contributed by atoms with E-state index in [2.05, 4.69) is 5.32 Å². The van der Waals surface area contributed by atoms with E-state index in [4.69, 9.17) is 26.4 Å². The highest BCUT2D eigenvalue weighted by Crippen LogP contribution is 2.37. The lowest BCUT2D eigenvalue weighted by Crippen LogP contribution is -2.27. The Kier molecular flexibility index (Phi) is 8.42. The van der Waals surface area contributed by atoms with Crippen molar-refractivity contribution in [1.82, 2.24) is 0 Å². The van der Waals surface area contributed by atoms with E-state index in [-0.39, 0.29) is 18.4 Å². The fraction of sp³-hybridized carbons (Fsp3) is 0.148. The molecular formula is C27H23FN2O5S2. The van der Waals surface area contributed by atoms with E-state index in [0.717, 1.165) is 11.8 Å². The van der Waals surface area contributed by atoms with Crippen LogP contribution in [0.15, 0.2) is 71.6 Å². The normalized spacial score (nSPS) is 14.1. The van der Waals surface area contributed by atoms with Crippen LogP contribution in [-0.2, 0) is 9.59 Å². The number of ether oxygens (including phenoxy) is 3. The molecule has 3 aromatic carbocycles. The molecule has 1 heterocycles. The Morgan fingerprint density at radius 1 is 1.05 bits per heavy atom. The Balaban J connectivity index is 1.45. The van der Waals surface area contributed by atoms with Gasteiger partial charge in [-0.05, 0) is 79.2 Å². The Hall–Kier alpha value is -3.89. The molecule has 3 aromatic rings. The second-order valence-corrected chi connectivity index (χ2v) is 9.37. The van der Waals surface area contributed by atoms with Crippen LogP contribution in [0.4, 0.5) is 15.8 Å². The van der Waals surface area contributed by atoms with Gasteiger partial charge in [-0.25, -0.2) is 4.39 Å². The van der Waals surface area contributed by atoms with Crippen LogP contribution in [0.25, 0.3) is 6.08 Å². The maximum absolute atomic E-state index is 13.3. The number of amides is 2. The van der Waals surface area contributed by atoms with Gasteiger partial charge in [0.05, 0.1) is 24.3 Å². The molecule has 0 unspecified atom stereocenters. The van der Waals surface area contributed by atoms with Gasteiger partial charge in [-0.2, -0.15) is 0 Å². The van der Waals surface area contributed by atoms with E-state index in [9.17, 15) is 14.0 Å². The molecule has 2 amide bonds. The fourth-order valence-electron chi connectivity index (χ4n) is 3.45. The molecule has 1 fully saturated rings. The minimum Gasteiger partial charge on any atom is -0.497 e. The Bertz CT molecular complexity index is 1340. The summed E-state index contributed by atoms with van der Waals surface area (Å²) in [6.45, 7) is 1.99. The zero-order valence-corrected chi connectivity index (χ0v) is 21.7. The van der Waals surface area contributed by atoms with Crippen LogP contribution in [0.5, 0.6) is 17.2 Å². The third-order valence-corrected chi connectivity index (χ3v) is 6.48. The summed E-state index contributed by atoms with van der Waals surface area (Å²) in [6.07, 6.45) is 1.70. The van der Waals surface area contributed by atoms with E-state index in [1.807, 2.05) is 6.92 Å². The molecule has 0 aliphatic carbocycles. The SMILES string of the molecule is CCOc1cc(/C=C2\SC(=S)N(c3ccc(F)cc3)C2=O)ccc1OCC(=O)Nc1ccc(OC)cc1. The predicted molar refractivity (Wildman–Crippen MR) is 147 cm³/mol. The molecule has 4 rings (SSSR count). The summed E-state index contributed by atoms with van der Waals surface area (Å²) in [4.78, 5) is 27.1. The highest BCUT2D eigenvalue weighted by atomic mass is 32.2. The summed E-state index contributed by atoms with van der Waals surface area (Å²) in [5.74, 6) is 0.489. The smallest absolute Gasteiger partial charge is 0.270 e. The first-order chi connectivity index (χ1) is 17.9. The number of anilines is 2. The number of nitrogens with zero attached hydrogens (tertiary/aromatic N) is 1. The number of nitrogens with one attached hydrogen (secondary N) is 1. The second-order valence-electron chi connectivity index (χ2n) is 7.70. The number of carbonyl (C=O) groups is 2. The maximum atomic E-state index is 13.3. The zero-order valence-electron chi connectivity index (χ0n) is 20.0. The largest absolute Gasteiger partial charge is 0.497 e. The van der Waals surface area contributed by atoms with Crippen LogP contribution in [0.2, 0.25) is 0 Å². The number of rotatable bonds is 9. The average Bonchev–Trinajstić information content (AvgIpc) is 3.17. The van der Waals surface area contributed by atoms with Gasteiger partial charge in [0.25, 0.3) is 11.8 Å². The van der Waals surface area contributed by atoms with E-state index in [1.54, 1.807) is 55.7 Å². The molecule has 7 nitrogen and oxygen atoms in total. The lowest BCUT2D eigenvalue weighted by atomic mass is 10.1. The summed E-state index contributed by atoms with van der Waals surface area (Å²) in [5, 5.41) is 2.76. The second kappa shape index (κ2) is 11.9. The van der Waals surface area contributed by atoms with Gasteiger partial charge in [-0.15, -0.1) is 0 Å². The van der Waals surface area contributed by atoms with Gasteiger partial charge in [0, 0.05) is 5.69 Å². The third kappa shape index (κ3) is 6.46. The molecular weight excluding hydrogens is 515 g/mol. The van der Waals surface area contributed by atoms with Crippen molar-refractivity contribution in [3.05, 3.63) is 83.0 Å². The Morgan fingerprint density at radius 3 is 2.46 bits per heavy atom. The molecule has 1 aliphatic rings. The lowest BCUT2D eigenvalue weighted by Gasteiger charge is -2.14. The van der Waals surface area contributed by atoms with Crippen molar-refractivity contribution >= 4 is 57.6 Å². The molecule has 0 bridgehead atoms. The topological polar surface area (TPSA) is 77.1 Å². The van der Waals surface area contributed by atoms with Gasteiger partial charge in [0.2, 0.25) is 0 Å². The van der Waals surface area contributed by atoms with Gasteiger partial charge in [0.15, 0.2) is 22.4 Å². The highest BCUT2D eigenvalue weighted by molar-refractivity contribution is 8.27. The van der Waals surface area contributed by atoms with E-state index in [1.165, 1.54) is 29.2 Å². The quantitative estimate of drug-likeness (QED) is 0.278. The number of methoxy groups -OCH3 is 1. The molecule has 1 aliphatic heterocycles. The first kappa shape index (κ1) is 26.2. The van der Waals surface area contributed by atoms with Crippen molar-refractivity contribution in [2.75, 3.05) is 30.5 Å². The van der Waals surface area contributed by atoms with Crippen molar-refractivity contribution < 1.29 is 28.2 Å². The van der Waals surface area contributed by atoms with Crippen LogP contribution in [0.3, 0.4) is 0 Å². The number of hydrogen-bond donors (Lipinski definition) is 1. The van der Waals surface area contributed by atoms with Gasteiger partial charge in [-0.3, -0.25) is 14.5 Å². The van der Waals surface area contributed by atoms with Crippen LogP contribution in [0.1, 0.15) is 12.5 Å². The lowest BCUT2D eigenvalue weighted by molar-refractivity contribution is -0.118. The molecule has 190 valence electrons. The number of halogens is 1. The third-order valence-electron chi connectivity index (χ3n) is 5.18. The molecule has 10 heteroatoms.